The molecule has 5 nitrogen and oxygen atoms in total. The lowest BCUT2D eigenvalue weighted by atomic mass is 10.1. The smallest absolute Gasteiger partial charge is 0.253 e. The third-order valence-corrected chi connectivity index (χ3v) is 5.44. The van der Waals surface area contributed by atoms with E-state index in [-0.39, 0.29) is 11.8 Å². The van der Waals surface area contributed by atoms with Gasteiger partial charge in [0.1, 0.15) is 11.3 Å². The van der Waals surface area contributed by atoms with Crippen LogP contribution in [0.2, 0.25) is 0 Å². The highest BCUT2D eigenvalue weighted by Gasteiger charge is 2.31. The maximum atomic E-state index is 12.8. The van der Waals surface area contributed by atoms with E-state index in [1.807, 2.05) is 47.5 Å². The summed E-state index contributed by atoms with van der Waals surface area (Å²) >= 11 is 3.42. The molecule has 0 bridgehead atoms. The van der Waals surface area contributed by atoms with Gasteiger partial charge in [-0.3, -0.25) is 4.79 Å². The first-order valence-electron chi connectivity index (χ1n) is 9.03. The van der Waals surface area contributed by atoms with Crippen LogP contribution in [0.1, 0.15) is 41.9 Å². The van der Waals surface area contributed by atoms with Crippen LogP contribution >= 0.6 is 15.9 Å². The number of rotatable bonds is 4. The van der Waals surface area contributed by atoms with Crippen molar-refractivity contribution >= 4 is 33.0 Å². The number of imidazole rings is 1. The number of aromatic nitrogens is 3. The molecule has 1 aliphatic rings. The standard InChI is InChI=1S/C20H21BrN4O/c1-2-11-25-18(23-17-4-3-10-22-19(17)25)15-9-12-24(13-15)20(26)14-5-7-16(21)8-6-14/h3-8,10,15H,2,9,11-13H2,1H3. The number of likely N-dealkylation sites (tertiary alicyclic amines) is 1. The molecule has 134 valence electrons. The molecule has 0 radical (unpaired) electrons. The van der Waals surface area contributed by atoms with E-state index >= 15 is 0 Å². The van der Waals surface area contributed by atoms with Crippen LogP contribution in [0.25, 0.3) is 11.2 Å². The average Bonchev–Trinajstić information content (AvgIpc) is 3.27. The number of pyridine rings is 1. The SMILES string of the molecule is CCCn1c(C2CCN(C(=O)c3ccc(Br)cc3)C2)nc2cccnc21. The summed E-state index contributed by atoms with van der Waals surface area (Å²) in [5.74, 6) is 1.41. The molecule has 1 aromatic carbocycles. The Hall–Kier alpha value is -2.21. The molecule has 0 saturated carbocycles. The van der Waals surface area contributed by atoms with E-state index in [1.54, 1.807) is 0 Å². The van der Waals surface area contributed by atoms with Crippen LogP contribution in [-0.2, 0) is 6.54 Å². The van der Waals surface area contributed by atoms with Crippen LogP contribution in [-0.4, -0.2) is 38.4 Å². The van der Waals surface area contributed by atoms with Gasteiger partial charge in [-0.05, 0) is 49.2 Å². The van der Waals surface area contributed by atoms with E-state index in [2.05, 4.69) is 32.4 Å². The van der Waals surface area contributed by atoms with Gasteiger partial charge < -0.3 is 9.47 Å². The number of halogens is 1. The van der Waals surface area contributed by atoms with Crippen molar-refractivity contribution in [1.82, 2.24) is 19.4 Å². The van der Waals surface area contributed by atoms with E-state index in [0.29, 0.717) is 6.54 Å². The highest BCUT2D eigenvalue weighted by molar-refractivity contribution is 9.10. The molecule has 0 N–H and O–H groups in total. The Morgan fingerprint density at radius 3 is 2.85 bits per heavy atom. The first-order valence-corrected chi connectivity index (χ1v) is 9.82. The molecule has 1 aliphatic heterocycles. The van der Waals surface area contributed by atoms with Gasteiger partial charge in [-0.2, -0.15) is 0 Å². The molecule has 1 fully saturated rings. The van der Waals surface area contributed by atoms with Gasteiger partial charge in [0.2, 0.25) is 0 Å². The van der Waals surface area contributed by atoms with Gasteiger partial charge in [0.05, 0.1) is 0 Å². The van der Waals surface area contributed by atoms with E-state index < -0.39 is 0 Å². The van der Waals surface area contributed by atoms with Gasteiger partial charge >= 0.3 is 0 Å². The summed E-state index contributed by atoms with van der Waals surface area (Å²) in [6.07, 6.45) is 3.79. The van der Waals surface area contributed by atoms with Crippen LogP contribution < -0.4 is 0 Å². The number of carbonyl (C=O) groups excluding carboxylic acids is 1. The quantitative estimate of drug-likeness (QED) is 0.643. The zero-order chi connectivity index (χ0) is 18.1. The van der Waals surface area contributed by atoms with Gasteiger partial charge in [-0.1, -0.05) is 22.9 Å². The van der Waals surface area contributed by atoms with Crippen LogP contribution in [0, 0.1) is 0 Å². The molecule has 26 heavy (non-hydrogen) atoms. The minimum absolute atomic E-state index is 0.0938. The normalized spacial score (nSPS) is 17.2. The topological polar surface area (TPSA) is 51.0 Å². The molecule has 2 aromatic heterocycles. The van der Waals surface area contributed by atoms with Gasteiger partial charge in [-0.15, -0.1) is 0 Å². The van der Waals surface area contributed by atoms with Crippen LogP contribution in [0.15, 0.2) is 47.1 Å². The maximum absolute atomic E-state index is 12.8. The van der Waals surface area contributed by atoms with Crippen molar-refractivity contribution in [3.8, 4) is 0 Å². The molecule has 3 aromatic rings. The second kappa shape index (κ2) is 7.19. The molecule has 4 rings (SSSR count). The van der Waals surface area contributed by atoms with Gasteiger partial charge in [0, 0.05) is 41.8 Å². The Morgan fingerprint density at radius 2 is 2.08 bits per heavy atom. The summed E-state index contributed by atoms with van der Waals surface area (Å²) < 4.78 is 3.21. The minimum atomic E-state index is 0.0938. The molecule has 1 unspecified atom stereocenters. The third kappa shape index (κ3) is 3.14. The molecule has 6 heteroatoms. The van der Waals surface area contributed by atoms with Crippen LogP contribution in [0.4, 0.5) is 0 Å². The number of fused-ring (bicyclic) bond motifs is 1. The fourth-order valence-corrected chi connectivity index (χ4v) is 3.93. The average molecular weight is 413 g/mol. The number of nitrogens with zero attached hydrogens (tertiary/aromatic N) is 4. The second-order valence-electron chi connectivity index (χ2n) is 6.71. The molecule has 0 aliphatic carbocycles. The van der Waals surface area contributed by atoms with E-state index in [4.69, 9.17) is 4.98 Å². The Kier molecular flexibility index (Phi) is 4.76. The third-order valence-electron chi connectivity index (χ3n) is 4.91. The second-order valence-corrected chi connectivity index (χ2v) is 7.63. The highest BCUT2D eigenvalue weighted by Crippen LogP contribution is 2.30. The fourth-order valence-electron chi connectivity index (χ4n) is 3.66. The molecule has 1 saturated heterocycles. The monoisotopic (exact) mass is 412 g/mol. The summed E-state index contributed by atoms with van der Waals surface area (Å²) in [7, 11) is 0. The molecule has 0 spiro atoms. The summed E-state index contributed by atoms with van der Waals surface area (Å²) in [5, 5.41) is 0. The predicted molar refractivity (Wildman–Crippen MR) is 105 cm³/mol. The number of hydrogen-bond donors (Lipinski definition) is 0. The van der Waals surface area contributed by atoms with Crippen LogP contribution in [0.5, 0.6) is 0 Å². The predicted octanol–water partition coefficient (Wildman–Crippen LogP) is 4.23. The fraction of sp³-hybridized carbons (Fsp3) is 0.350. The molecular weight excluding hydrogens is 392 g/mol. The number of hydrogen-bond acceptors (Lipinski definition) is 3. The first kappa shape index (κ1) is 17.2. The Balaban J connectivity index is 1.59. The van der Waals surface area contributed by atoms with Gasteiger partial charge in [-0.25, -0.2) is 9.97 Å². The zero-order valence-electron chi connectivity index (χ0n) is 14.7. The number of benzene rings is 1. The highest BCUT2D eigenvalue weighted by atomic mass is 79.9. The number of aryl methyl sites for hydroxylation is 1. The minimum Gasteiger partial charge on any atom is -0.338 e. The molecule has 1 atom stereocenters. The molecular formula is C20H21BrN4O. The van der Waals surface area contributed by atoms with Crippen molar-refractivity contribution in [2.75, 3.05) is 13.1 Å². The van der Waals surface area contributed by atoms with Crippen LogP contribution in [0.3, 0.4) is 0 Å². The molecule has 3 heterocycles. The van der Waals surface area contributed by atoms with Crippen molar-refractivity contribution < 1.29 is 4.79 Å². The van der Waals surface area contributed by atoms with Crippen molar-refractivity contribution in [1.29, 1.82) is 0 Å². The van der Waals surface area contributed by atoms with E-state index in [0.717, 1.165) is 53.0 Å². The Bertz CT molecular complexity index is 935. The summed E-state index contributed by atoms with van der Waals surface area (Å²) in [6.45, 7) is 4.54. The summed E-state index contributed by atoms with van der Waals surface area (Å²) in [6, 6.07) is 11.5. The van der Waals surface area contributed by atoms with E-state index in [9.17, 15) is 4.79 Å². The first-order chi connectivity index (χ1) is 12.7. The molecule has 1 amide bonds. The van der Waals surface area contributed by atoms with Crippen molar-refractivity contribution in [3.05, 3.63) is 58.5 Å². The largest absolute Gasteiger partial charge is 0.338 e. The van der Waals surface area contributed by atoms with Gasteiger partial charge in [0.25, 0.3) is 5.91 Å². The van der Waals surface area contributed by atoms with Crippen molar-refractivity contribution in [2.45, 2.75) is 32.2 Å². The summed E-state index contributed by atoms with van der Waals surface area (Å²) in [4.78, 5) is 24.1. The van der Waals surface area contributed by atoms with Crippen molar-refractivity contribution in [3.63, 3.8) is 0 Å². The van der Waals surface area contributed by atoms with E-state index in [1.165, 1.54) is 0 Å². The Morgan fingerprint density at radius 1 is 1.27 bits per heavy atom. The lowest BCUT2D eigenvalue weighted by molar-refractivity contribution is 0.0790. The maximum Gasteiger partial charge on any atom is 0.253 e. The lowest BCUT2D eigenvalue weighted by Gasteiger charge is -2.17. The summed E-state index contributed by atoms with van der Waals surface area (Å²) in [5.41, 5.74) is 2.62. The van der Waals surface area contributed by atoms with Crippen molar-refractivity contribution in [2.24, 2.45) is 0 Å². The number of carbonyl (C=O) groups is 1. The van der Waals surface area contributed by atoms with Gasteiger partial charge in [0.15, 0.2) is 5.65 Å². The Labute approximate surface area is 161 Å². The lowest BCUT2D eigenvalue weighted by Crippen LogP contribution is -2.28. The zero-order valence-corrected chi connectivity index (χ0v) is 16.3. The number of amides is 1.